The van der Waals surface area contributed by atoms with Gasteiger partial charge in [-0.2, -0.15) is 4.98 Å². The SMILES string of the molecule is CC(CN=C(N)N)c1nc(-c2ccccc2)no1. The van der Waals surface area contributed by atoms with Crippen LogP contribution in [0.3, 0.4) is 0 Å². The van der Waals surface area contributed by atoms with Crippen molar-refractivity contribution in [3.63, 3.8) is 0 Å². The maximum Gasteiger partial charge on any atom is 0.231 e. The van der Waals surface area contributed by atoms with Crippen LogP contribution in [0.15, 0.2) is 39.8 Å². The Hall–Kier alpha value is -2.37. The molecule has 0 aliphatic carbocycles. The number of nitrogens with zero attached hydrogens (tertiary/aromatic N) is 3. The summed E-state index contributed by atoms with van der Waals surface area (Å²) in [4.78, 5) is 8.26. The number of aliphatic imine (C=N–C) groups is 1. The maximum absolute atomic E-state index is 5.28. The Labute approximate surface area is 105 Å². The van der Waals surface area contributed by atoms with Gasteiger partial charge in [0.2, 0.25) is 11.7 Å². The summed E-state index contributed by atoms with van der Waals surface area (Å²) in [7, 11) is 0. The van der Waals surface area contributed by atoms with Crippen molar-refractivity contribution in [2.75, 3.05) is 6.54 Å². The summed E-state index contributed by atoms with van der Waals surface area (Å²) >= 11 is 0. The minimum atomic E-state index is -0.0166. The average Bonchev–Trinajstić information content (AvgIpc) is 2.86. The van der Waals surface area contributed by atoms with Crippen molar-refractivity contribution in [2.24, 2.45) is 16.5 Å². The van der Waals surface area contributed by atoms with E-state index in [1.807, 2.05) is 37.3 Å². The Bertz CT molecular complexity index is 530. The zero-order chi connectivity index (χ0) is 13.0. The molecule has 0 aliphatic heterocycles. The third kappa shape index (κ3) is 2.85. The Morgan fingerprint density at radius 2 is 2.06 bits per heavy atom. The monoisotopic (exact) mass is 245 g/mol. The van der Waals surface area contributed by atoms with E-state index in [9.17, 15) is 0 Å². The lowest BCUT2D eigenvalue weighted by Gasteiger charge is -2.01. The molecule has 0 bridgehead atoms. The minimum Gasteiger partial charge on any atom is -0.370 e. The van der Waals surface area contributed by atoms with Crippen molar-refractivity contribution in [3.05, 3.63) is 36.2 Å². The topological polar surface area (TPSA) is 103 Å². The highest BCUT2D eigenvalue weighted by atomic mass is 16.5. The molecule has 0 amide bonds. The average molecular weight is 245 g/mol. The highest BCUT2D eigenvalue weighted by Crippen LogP contribution is 2.19. The van der Waals surface area contributed by atoms with Gasteiger partial charge in [0.25, 0.3) is 0 Å². The molecule has 1 atom stereocenters. The molecule has 2 rings (SSSR count). The number of rotatable bonds is 4. The summed E-state index contributed by atoms with van der Waals surface area (Å²) < 4.78 is 5.20. The molecule has 18 heavy (non-hydrogen) atoms. The molecular weight excluding hydrogens is 230 g/mol. The maximum atomic E-state index is 5.28. The number of benzene rings is 1. The summed E-state index contributed by atoms with van der Waals surface area (Å²) in [6.07, 6.45) is 0. The second-order valence-corrected chi connectivity index (χ2v) is 3.99. The van der Waals surface area contributed by atoms with E-state index in [1.54, 1.807) is 0 Å². The van der Waals surface area contributed by atoms with Crippen LogP contribution in [0.2, 0.25) is 0 Å². The summed E-state index contributed by atoms with van der Waals surface area (Å²) in [5, 5.41) is 3.94. The van der Waals surface area contributed by atoms with E-state index in [1.165, 1.54) is 0 Å². The van der Waals surface area contributed by atoms with Gasteiger partial charge >= 0.3 is 0 Å². The van der Waals surface area contributed by atoms with Gasteiger partial charge in [-0.3, -0.25) is 4.99 Å². The normalized spacial score (nSPS) is 12.1. The first-order valence-corrected chi connectivity index (χ1v) is 5.61. The molecule has 0 fully saturated rings. The van der Waals surface area contributed by atoms with Crippen LogP contribution in [0.1, 0.15) is 18.7 Å². The molecule has 0 aliphatic rings. The van der Waals surface area contributed by atoms with Gasteiger partial charge in [-0.05, 0) is 0 Å². The molecule has 94 valence electrons. The zero-order valence-corrected chi connectivity index (χ0v) is 10.1. The van der Waals surface area contributed by atoms with Gasteiger partial charge in [0.05, 0.1) is 12.5 Å². The molecule has 0 saturated carbocycles. The van der Waals surface area contributed by atoms with Crippen LogP contribution in [0, 0.1) is 0 Å². The molecule has 6 nitrogen and oxygen atoms in total. The third-order valence-corrected chi connectivity index (χ3v) is 2.44. The van der Waals surface area contributed by atoms with Crippen LogP contribution < -0.4 is 11.5 Å². The zero-order valence-electron chi connectivity index (χ0n) is 10.1. The molecule has 0 radical (unpaired) electrons. The van der Waals surface area contributed by atoms with Crippen molar-refractivity contribution < 1.29 is 4.52 Å². The molecular formula is C12H15N5O. The Balaban J connectivity index is 2.13. The van der Waals surface area contributed by atoms with Crippen molar-refractivity contribution in [2.45, 2.75) is 12.8 Å². The second kappa shape index (κ2) is 5.31. The quantitative estimate of drug-likeness (QED) is 0.620. The van der Waals surface area contributed by atoms with E-state index in [2.05, 4.69) is 15.1 Å². The van der Waals surface area contributed by atoms with Crippen molar-refractivity contribution >= 4 is 5.96 Å². The Kier molecular flexibility index (Phi) is 3.57. The van der Waals surface area contributed by atoms with Crippen molar-refractivity contribution in [1.82, 2.24) is 10.1 Å². The summed E-state index contributed by atoms with van der Waals surface area (Å²) in [5.74, 6) is 1.14. The predicted octanol–water partition coefficient (Wildman–Crippen LogP) is 1.11. The van der Waals surface area contributed by atoms with E-state index in [4.69, 9.17) is 16.0 Å². The van der Waals surface area contributed by atoms with Gasteiger partial charge in [0.15, 0.2) is 5.96 Å². The molecule has 1 aromatic carbocycles. The van der Waals surface area contributed by atoms with Crippen molar-refractivity contribution in [1.29, 1.82) is 0 Å². The van der Waals surface area contributed by atoms with Crippen LogP contribution in [0.25, 0.3) is 11.4 Å². The van der Waals surface area contributed by atoms with Crippen LogP contribution in [-0.2, 0) is 0 Å². The summed E-state index contributed by atoms with van der Waals surface area (Å²) in [6, 6.07) is 9.64. The van der Waals surface area contributed by atoms with E-state index >= 15 is 0 Å². The third-order valence-electron chi connectivity index (χ3n) is 2.44. The molecule has 1 aromatic heterocycles. The van der Waals surface area contributed by atoms with Gasteiger partial charge < -0.3 is 16.0 Å². The fraction of sp³-hybridized carbons (Fsp3) is 0.250. The first kappa shape index (κ1) is 12.1. The van der Waals surface area contributed by atoms with E-state index < -0.39 is 0 Å². The molecule has 0 saturated heterocycles. The molecule has 1 heterocycles. The molecule has 4 N–H and O–H groups in total. The smallest absolute Gasteiger partial charge is 0.231 e. The van der Waals surface area contributed by atoms with Crippen LogP contribution >= 0.6 is 0 Å². The first-order valence-electron chi connectivity index (χ1n) is 5.61. The lowest BCUT2D eigenvalue weighted by atomic mass is 10.2. The Morgan fingerprint density at radius 3 is 2.72 bits per heavy atom. The van der Waals surface area contributed by atoms with E-state index in [0.717, 1.165) is 5.56 Å². The minimum absolute atomic E-state index is 0.0166. The predicted molar refractivity (Wildman–Crippen MR) is 68.8 cm³/mol. The number of guanidine groups is 1. The highest BCUT2D eigenvalue weighted by molar-refractivity contribution is 5.75. The fourth-order valence-corrected chi connectivity index (χ4v) is 1.46. The lowest BCUT2D eigenvalue weighted by Crippen LogP contribution is -2.23. The van der Waals surface area contributed by atoms with Crippen LogP contribution in [0.4, 0.5) is 0 Å². The summed E-state index contributed by atoms with van der Waals surface area (Å²) in [5.41, 5.74) is 11.5. The van der Waals surface area contributed by atoms with Gasteiger partial charge in [0.1, 0.15) is 0 Å². The van der Waals surface area contributed by atoms with E-state index in [0.29, 0.717) is 18.3 Å². The standard InChI is InChI=1S/C12H15N5O/c1-8(7-15-12(13)14)11-16-10(17-18-11)9-5-3-2-4-6-9/h2-6,8H,7H2,1H3,(H4,13,14,15). The van der Waals surface area contributed by atoms with Crippen LogP contribution in [0.5, 0.6) is 0 Å². The van der Waals surface area contributed by atoms with E-state index in [-0.39, 0.29) is 11.9 Å². The molecule has 1 unspecified atom stereocenters. The fourth-order valence-electron chi connectivity index (χ4n) is 1.46. The number of nitrogens with two attached hydrogens (primary N) is 2. The molecule has 0 spiro atoms. The first-order chi connectivity index (χ1) is 8.66. The van der Waals surface area contributed by atoms with Gasteiger partial charge in [0, 0.05) is 5.56 Å². The van der Waals surface area contributed by atoms with Gasteiger partial charge in [-0.25, -0.2) is 0 Å². The molecule has 2 aromatic rings. The van der Waals surface area contributed by atoms with Crippen LogP contribution in [-0.4, -0.2) is 22.6 Å². The highest BCUT2D eigenvalue weighted by Gasteiger charge is 2.14. The molecule has 6 heteroatoms. The second-order valence-electron chi connectivity index (χ2n) is 3.99. The number of hydrogen-bond donors (Lipinski definition) is 2. The lowest BCUT2D eigenvalue weighted by molar-refractivity contribution is 0.361. The van der Waals surface area contributed by atoms with Crippen molar-refractivity contribution in [3.8, 4) is 11.4 Å². The largest absolute Gasteiger partial charge is 0.370 e. The number of aromatic nitrogens is 2. The summed E-state index contributed by atoms with van der Waals surface area (Å²) in [6.45, 7) is 2.35. The van der Waals surface area contributed by atoms with Gasteiger partial charge in [-0.15, -0.1) is 0 Å². The Morgan fingerprint density at radius 1 is 1.33 bits per heavy atom. The number of hydrogen-bond acceptors (Lipinski definition) is 4. The van der Waals surface area contributed by atoms with Gasteiger partial charge in [-0.1, -0.05) is 42.4 Å².